The number of hydrogen-bond donors (Lipinski definition) is 0. The Balaban J connectivity index is 3.42. The molecule has 0 aliphatic carbocycles. The summed E-state index contributed by atoms with van der Waals surface area (Å²) in [7, 11) is 0. The van der Waals surface area contributed by atoms with Crippen LogP contribution in [0.3, 0.4) is 0 Å². The first-order valence-electron chi connectivity index (χ1n) is 4.93. The van der Waals surface area contributed by atoms with Crippen molar-refractivity contribution in [3.63, 3.8) is 0 Å². The van der Waals surface area contributed by atoms with Gasteiger partial charge in [0.2, 0.25) is 0 Å². The zero-order valence-corrected chi connectivity index (χ0v) is 10.6. The molecule has 0 aliphatic heterocycles. The second-order valence-corrected chi connectivity index (χ2v) is 4.98. The molecule has 0 unspecified atom stereocenters. The van der Waals surface area contributed by atoms with Crippen molar-refractivity contribution < 1.29 is 0 Å². The van der Waals surface area contributed by atoms with Crippen LogP contribution in [0.25, 0.3) is 0 Å². The molecule has 14 heavy (non-hydrogen) atoms. The lowest BCUT2D eigenvalue weighted by Crippen LogP contribution is -2.00. The Labute approximate surface area is 96.2 Å². The largest absolute Gasteiger partial charge is 0.0840 e. The van der Waals surface area contributed by atoms with E-state index in [0.717, 1.165) is 10.0 Å². The molecule has 0 fully saturated rings. The summed E-state index contributed by atoms with van der Waals surface area (Å²) in [6, 6.07) is 3.76. The average Bonchev–Trinajstić information content (AvgIpc) is 2.07. The molecule has 0 saturated heterocycles. The molecule has 0 aromatic heterocycles. The van der Waals surface area contributed by atoms with Gasteiger partial charge in [-0.2, -0.15) is 0 Å². The van der Waals surface area contributed by atoms with Gasteiger partial charge in [0.05, 0.1) is 0 Å². The van der Waals surface area contributed by atoms with Crippen LogP contribution in [-0.2, 0) is 0 Å². The molecule has 0 amide bonds. The van der Waals surface area contributed by atoms with E-state index in [4.69, 9.17) is 23.2 Å². The molecule has 0 N–H and O–H groups in total. The molecule has 0 heterocycles. The average molecular weight is 231 g/mol. The van der Waals surface area contributed by atoms with E-state index in [1.54, 1.807) is 0 Å². The first-order chi connectivity index (χ1) is 6.45. The fourth-order valence-electron chi connectivity index (χ4n) is 1.76. The lowest BCUT2D eigenvalue weighted by atomic mass is 9.90. The van der Waals surface area contributed by atoms with Gasteiger partial charge in [0.15, 0.2) is 0 Å². The van der Waals surface area contributed by atoms with Crippen molar-refractivity contribution in [3.05, 3.63) is 33.3 Å². The highest BCUT2D eigenvalue weighted by molar-refractivity contribution is 6.34. The van der Waals surface area contributed by atoms with Gasteiger partial charge >= 0.3 is 0 Å². The van der Waals surface area contributed by atoms with Crippen molar-refractivity contribution in [2.45, 2.75) is 39.5 Å². The number of halogens is 2. The SMILES string of the molecule is CC(C)c1c(Cl)ccc(Cl)c1C(C)C. The van der Waals surface area contributed by atoms with Crippen LogP contribution < -0.4 is 0 Å². The molecule has 1 aromatic carbocycles. The first-order valence-corrected chi connectivity index (χ1v) is 5.68. The quantitative estimate of drug-likeness (QED) is 0.652. The maximum atomic E-state index is 6.18. The molecule has 0 aliphatic rings. The van der Waals surface area contributed by atoms with Gasteiger partial charge < -0.3 is 0 Å². The second kappa shape index (κ2) is 4.55. The lowest BCUT2D eigenvalue weighted by molar-refractivity contribution is 0.791. The van der Waals surface area contributed by atoms with E-state index in [1.165, 1.54) is 11.1 Å². The van der Waals surface area contributed by atoms with E-state index in [2.05, 4.69) is 27.7 Å². The van der Waals surface area contributed by atoms with E-state index in [1.807, 2.05) is 12.1 Å². The number of rotatable bonds is 2. The van der Waals surface area contributed by atoms with Crippen LogP contribution in [-0.4, -0.2) is 0 Å². The Hall–Kier alpha value is -0.200. The van der Waals surface area contributed by atoms with E-state index in [9.17, 15) is 0 Å². The summed E-state index contributed by atoms with van der Waals surface area (Å²) < 4.78 is 0. The highest BCUT2D eigenvalue weighted by Gasteiger charge is 2.16. The van der Waals surface area contributed by atoms with Gasteiger partial charge in [-0.3, -0.25) is 0 Å². The minimum Gasteiger partial charge on any atom is -0.0840 e. The second-order valence-electron chi connectivity index (χ2n) is 4.17. The minimum absolute atomic E-state index is 0.415. The van der Waals surface area contributed by atoms with Gasteiger partial charge in [0, 0.05) is 10.0 Å². The van der Waals surface area contributed by atoms with E-state index in [-0.39, 0.29) is 0 Å². The molecule has 0 spiro atoms. The molecule has 1 rings (SSSR count). The van der Waals surface area contributed by atoms with Crippen LogP contribution in [0.1, 0.15) is 50.7 Å². The van der Waals surface area contributed by atoms with Crippen LogP contribution in [0, 0.1) is 0 Å². The van der Waals surface area contributed by atoms with Crippen molar-refractivity contribution in [1.29, 1.82) is 0 Å². The molecule has 1 aromatic rings. The van der Waals surface area contributed by atoms with Crippen molar-refractivity contribution in [2.24, 2.45) is 0 Å². The van der Waals surface area contributed by atoms with Crippen LogP contribution in [0.2, 0.25) is 10.0 Å². The van der Waals surface area contributed by atoms with Gasteiger partial charge in [0.1, 0.15) is 0 Å². The highest BCUT2D eigenvalue weighted by atomic mass is 35.5. The van der Waals surface area contributed by atoms with Gasteiger partial charge in [0.25, 0.3) is 0 Å². The predicted molar refractivity (Wildman–Crippen MR) is 64.6 cm³/mol. The molecule has 0 bridgehead atoms. The minimum atomic E-state index is 0.415. The summed E-state index contributed by atoms with van der Waals surface area (Å²) in [5.41, 5.74) is 2.38. The Kier molecular flexibility index (Phi) is 3.86. The lowest BCUT2D eigenvalue weighted by Gasteiger charge is -2.18. The zero-order chi connectivity index (χ0) is 10.9. The van der Waals surface area contributed by atoms with Crippen LogP contribution >= 0.6 is 23.2 Å². The summed E-state index contributed by atoms with van der Waals surface area (Å²) in [6.45, 7) is 8.57. The molecule has 0 nitrogen and oxygen atoms in total. The monoisotopic (exact) mass is 230 g/mol. The number of hydrogen-bond acceptors (Lipinski definition) is 0. The fourth-order valence-corrected chi connectivity index (χ4v) is 2.52. The normalized spacial score (nSPS) is 11.4. The molecule has 0 radical (unpaired) electrons. The fraction of sp³-hybridized carbons (Fsp3) is 0.500. The van der Waals surface area contributed by atoms with Crippen LogP contribution in [0.15, 0.2) is 12.1 Å². The molecular weight excluding hydrogens is 215 g/mol. The summed E-state index contributed by atoms with van der Waals surface area (Å²) in [5.74, 6) is 0.831. The third kappa shape index (κ3) is 2.24. The van der Waals surface area contributed by atoms with Gasteiger partial charge in [-0.25, -0.2) is 0 Å². The van der Waals surface area contributed by atoms with Crippen molar-refractivity contribution in [3.8, 4) is 0 Å². The number of benzene rings is 1. The molecule has 0 saturated carbocycles. The van der Waals surface area contributed by atoms with Crippen LogP contribution in [0.4, 0.5) is 0 Å². The van der Waals surface area contributed by atoms with Crippen molar-refractivity contribution >= 4 is 23.2 Å². The molecule has 78 valence electrons. The summed E-state index contributed by atoms with van der Waals surface area (Å²) >= 11 is 12.4. The smallest absolute Gasteiger partial charge is 0.0444 e. The molecular formula is C12H16Cl2. The topological polar surface area (TPSA) is 0 Å². The Morgan fingerprint density at radius 3 is 1.29 bits per heavy atom. The maximum Gasteiger partial charge on any atom is 0.0444 e. The Bertz CT molecular complexity index is 294. The summed E-state index contributed by atoms with van der Waals surface area (Å²) in [5, 5.41) is 1.65. The highest BCUT2D eigenvalue weighted by Crippen LogP contribution is 2.36. The standard InChI is InChI=1S/C12H16Cl2/c1-7(2)11-9(13)5-6-10(14)12(11)8(3)4/h5-8H,1-4H3. The van der Waals surface area contributed by atoms with Gasteiger partial charge in [-0.15, -0.1) is 0 Å². The van der Waals surface area contributed by atoms with Gasteiger partial charge in [-0.05, 0) is 35.1 Å². The molecule has 0 atom stereocenters. The third-order valence-electron chi connectivity index (χ3n) is 2.34. The van der Waals surface area contributed by atoms with E-state index < -0.39 is 0 Å². The maximum absolute atomic E-state index is 6.18. The van der Waals surface area contributed by atoms with Crippen molar-refractivity contribution in [1.82, 2.24) is 0 Å². The van der Waals surface area contributed by atoms with Crippen LogP contribution in [0.5, 0.6) is 0 Å². The summed E-state index contributed by atoms with van der Waals surface area (Å²) in [4.78, 5) is 0. The third-order valence-corrected chi connectivity index (χ3v) is 2.99. The Morgan fingerprint density at radius 2 is 1.07 bits per heavy atom. The van der Waals surface area contributed by atoms with Crippen molar-refractivity contribution in [2.75, 3.05) is 0 Å². The first kappa shape index (κ1) is 11.9. The Morgan fingerprint density at radius 1 is 0.786 bits per heavy atom. The van der Waals surface area contributed by atoms with E-state index in [0.29, 0.717) is 11.8 Å². The van der Waals surface area contributed by atoms with Gasteiger partial charge in [-0.1, -0.05) is 50.9 Å². The predicted octanol–water partition coefficient (Wildman–Crippen LogP) is 5.24. The van der Waals surface area contributed by atoms with E-state index >= 15 is 0 Å². The summed E-state index contributed by atoms with van der Waals surface area (Å²) in [6.07, 6.45) is 0. The zero-order valence-electron chi connectivity index (χ0n) is 9.07. The molecule has 2 heteroatoms.